The SMILES string of the molecule is O[C@@H](Cn1cc(Cn2cccn2)nn1)c1ccc(Br)cc1. The highest BCUT2D eigenvalue weighted by Gasteiger charge is 2.10. The van der Waals surface area contributed by atoms with Gasteiger partial charge in [-0.3, -0.25) is 4.68 Å². The average Bonchev–Trinajstić information content (AvgIpc) is 3.12. The van der Waals surface area contributed by atoms with E-state index in [1.165, 1.54) is 0 Å². The van der Waals surface area contributed by atoms with E-state index in [0.717, 1.165) is 15.7 Å². The van der Waals surface area contributed by atoms with Gasteiger partial charge in [-0.1, -0.05) is 33.3 Å². The maximum atomic E-state index is 10.2. The van der Waals surface area contributed by atoms with E-state index < -0.39 is 6.10 Å². The van der Waals surface area contributed by atoms with Gasteiger partial charge in [-0.25, -0.2) is 4.68 Å². The quantitative estimate of drug-likeness (QED) is 0.766. The first-order valence-electron chi connectivity index (χ1n) is 6.51. The summed E-state index contributed by atoms with van der Waals surface area (Å²) in [5.74, 6) is 0. The van der Waals surface area contributed by atoms with Crippen molar-refractivity contribution in [3.63, 3.8) is 0 Å². The van der Waals surface area contributed by atoms with E-state index in [1.54, 1.807) is 15.6 Å². The molecule has 2 heterocycles. The van der Waals surface area contributed by atoms with E-state index in [9.17, 15) is 5.11 Å². The Morgan fingerprint density at radius 2 is 2.00 bits per heavy atom. The van der Waals surface area contributed by atoms with Crippen molar-refractivity contribution in [3.8, 4) is 0 Å². The van der Waals surface area contributed by atoms with Crippen LogP contribution in [-0.4, -0.2) is 29.9 Å². The first-order valence-corrected chi connectivity index (χ1v) is 7.30. The van der Waals surface area contributed by atoms with Crippen LogP contribution in [0.1, 0.15) is 17.4 Å². The van der Waals surface area contributed by atoms with Crippen molar-refractivity contribution in [1.29, 1.82) is 0 Å². The summed E-state index contributed by atoms with van der Waals surface area (Å²) < 4.78 is 4.41. The Bertz CT molecular complexity index is 692. The van der Waals surface area contributed by atoms with Crippen molar-refractivity contribution in [2.75, 3.05) is 0 Å². The predicted octanol–water partition coefficient (Wildman–Crippen LogP) is 2.02. The van der Waals surface area contributed by atoms with Gasteiger partial charge in [-0.05, 0) is 23.8 Å². The van der Waals surface area contributed by atoms with E-state index in [2.05, 4.69) is 31.3 Å². The molecule has 3 rings (SSSR count). The minimum atomic E-state index is -0.614. The van der Waals surface area contributed by atoms with Crippen LogP contribution in [0.15, 0.2) is 53.4 Å². The molecule has 0 saturated heterocycles. The van der Waals surface area contributed by atoms with Gasteiger partial charge in [0, 0.05) is 16.9 Å². The lowest BCUT2D eigenvalue weighted by Gasteiger charge is -2.10. The molecule has 1 atom stereocenters. The molecule has 0 radical (unpaired) electrons. The molecular weight excluding hydrogens is 334 g/mol. The van der Waals surface area contributed by atoms with Gasteiger partial charge in [-0.15, -0.1) is 5.10 Å². The lowest BCUT2D eigenvalue weighted by Crippen LogP contribution is -2.09. The monoisotopic (exact) mass is 347 g/mol. The molecule has 1 aromatic carbocycles. The molecule has 0 saturated carbocycles. The number of hydrogen-bond donors (Lipinski definition) is 1. The first-order chi connectivity index (χ1) is 10.2. The standard InChI is InChI=1S/C14H14BrN5O/c15-12-4-2-11(3-5-12)14(21)10-20-9-13(17-18-20)8-19-7-1-6-16-19/h1-7,9,14,21H,8,10H2/t14-/m0/s1. The Kier molecular flexibility index (Phi) is 4.12. The summed E-state index contributed by atoms with van der Waals surface area (Å²) in [7, 11) is 0. The van der Waals surface area contributed by atoms with Crippen LogP contribution in [0.25, 0.3) is 0 Å². The average molecular weight is 348 g/mol. The maximum absolute atomic E-state index is 10.2. The molecule has 108 valence electrons. The van der Waals surface area contributed by atoms with Gasteiger partial charge in [0.05, 0.1) is 25.4 Å². The summed E-state index contributed by atoms with van der Waals surface area (Å²) in [6.07, 6.45) is 4.80. The van der Waals surface area contributed by atoms with Gasteiger partial charge in [0.15, 0.2) is 0 Å². The van der Waals surface area contributed by atoms with Gasteiger partial charge < -0.3 is 5.11 Å². The zero-order valence-electron chi connectivity index (χ0n) is 11.2. The summed E-state index contributed by atoms with van der Waals surface area (Å²) in [4.78, 5) is 0. The Morgan fingerprint density at radius 3 is 2.71 bits per heavy atom. The van der Waals surface area contributed by atoms with E-state index in [0.29, 0.717) is 13.1 Å². The fraction of sp³-hybridized carbons (Fsp3) is 0.214. The smallest absolute Gasteiger partial charge is 0.104 e. The minimum absolute atomic E-state index is 0.369. The van der Waals surface area contributed by atoms with Crippen LogP contribution < -0.4 is 0 Å². The second kappa shape index (κ2) is 6.19. The molecule has 1 N–H and O–H groups in total. The maximum Gasteiger partial charge on any atom is 0.104 e. The molecule has 0 aliphatic carbocycles. The van der Waals surface area contributed by atoms with Crippen molar-refractivity contribution >= 4 is 15.9 Å². The summed E-state index contributed by atoms with van der Waals surface area (Å²) >= 11 is 3.38. The molecular formula is C14H14BrN5O. The molecule has 0 fully saturated rings. The number of benzene rings is 1. The molecule has 7 heteroatoms. The Hall–Kier alpha value is -1.99. The summed E-state index contributed by atoms with van der Waals surface area (Å²) in [5, 5.41) is 22.5. The number of hydrogen-bond acceptors (Lipinski definition) is 4. The third-order valence-electron chi connectivity index (χ3n) is 3.08. The highest BCUT2D eigenvalue weighted by molar-refractivity contribution is 9.10. The second-order valence-corrected chi connectivity index (χ2v) is 5.62. The summed E-state index contributed by atoms with van der Waals surface area (Å²) in [6.45, 7) is 0.940. The first kappa shape index (κ1) is 14.0. The second-order valence-electron chi connectivity index (χ2n) is 4.70. The van der Waals surface area contributed by atoms with Crippen LogP contribution in [0.5, 0.6) is 0 Å². The van der Waals surface area contributed by atoms with Crippen LogP contribution in [-0.2, 0) is 13.1 Å². The third kappa shape index (κ3) is 3.56. The van der Waals surface area contributed by atoms with Crippen molar-refractivity contribution in [2.45, 2.75) is 19.2 Å². The Morgan fingerprint density at radius 1 is 1.19 bits per heavy atom. The van der Waals surface area contributed by atoms with Crippen molar-refractivity contribution in [2.24, 2.45) is 0 Å². The molecule has 0 spiro atoms. The zero-order valence-corrected chi connectivity index (χ0v) is 12.8. The molecule has 0 amide bonds. The normalized spacial score (nSPS) is 12.5. The largest absolute Gasteiger partial charge is 0.386 e. The van der Waals surface area contributed by atoms with Crippen molar-refractivity contribution in [3.05, 3.63) is 64.7 Å². The van der Waals surface area contributed by atoms with E-state index >= 15 is 0 Å². The number of rotatable bonds is 5. The van der Waals surface area contributed by atoms with E-state index in [1.807, 2.05) is 42.7 Å². The molecule has 3 aromatic rings. The van der Waals surface area contributed by atoms with Crippen LogP contribution in [0.4, 0.5) is 0 Å². The lowest BCUT2D eigenvalue weighted by atomic mass is 10.1. The van der Waals surface area contributed by atoms with Crippen LogP contribution >= 0.6 is 15.9 Å². The number of nitrogens with zero attached hydrogens (tertiary/aromatic N) is 5. The number of aliphatic hydroxyl groups is 1. The van der Waals surface area contributed by atoms with Gasteiger partial charge in [-0.2, -0.15) is 5.10 Å². The molecule has 0 unspecified atom stereocenters. The molecule has 2 aromatic heterocycles. The zero-order chi connectivity index (χ0) is 14.7. The summed E-state index contributed by atoms with van der Waals surface area (Å²) in [6, 6.07) is 9.44. The fourth-order valence-electron chi connectivity index (χ4n) is 2.03. The molecule has 0 aliphatic rings. The van der Waals surface area contributed by atoms with Crippen LogP contribution in [0, 0.1) is 0 Å². The lowest BCUT2D eigenvalue weighted by molar-refractivity contribution is 0.150. The van der Waals surface area contributed by atoms with Gasteiger partial charge in [0.25, 0.3) is 0 Å². The van der Waals surface area contributed by atoms with Crippen LogP contribution in [0.2, 0.25) is 0 Å². The Balaban J connectivity index is 1.65. The van der Waals surface area contributed by atoms with E-state index in [-0.39, 0.29) is 0 Å². The van der Waals surface area contributed by atoms with Crippen molar-refractivity contribution < 1.29 is 5.11 Å². The van der Waals surface area contributed by atoms with E-state index in [4.69, 9.17) is 0 Å². The minimum Gasteiger partial charge on any atom is -0.386 e. The number of aromatic nitrogens is 5. The van der Waals surface area contributed by atoms with Gasteiger partial charge >= 0.3 is 0 Å². The molecule has 21 heavy (non-hydrogen) atoms. The van der Waals surface area contributed by atoms with Crippen molar-refractivity contribution in [1.82, 2.24) is 24.8 Å². The molecule has 0 aliphatic heterocycles. The number of aliphatic hydroxyl groups excluding tert-OH is 1. The predicted molar refractivity (Wildman–Crippen MR) is 80.5 cm³/mol. The topological polar surface area (TPSA) is 68.8 Å². The fourth-order valence-corrected chi connectivity index (χ4v) is 2.29. The van der Waals surface area contributed by atoms with Crippen LogP contribution in [0.3, 0.4) is 0 Å². The van der Waals surface area contributed by atoms with Gasteiger partial charge in [0.2, 0.25) is 0 Å². The highest BCUT2D eigenvalue weighted by atomic mass is 79.9. The van der Waals surface area contributed by atoms with Gasteiger partial charge in [0.1, 0.15) is 5.69 Å². The Labute approximate surface area is 130 Å². The number of halogens is 1. The molecule has 0 bridgehead atoms. The third-order valence-corrected chi connectivity index (χ3v) is 3.61. The summed E-state index contributed by atoms with van der Waals surface area (Å²) in [5.41, 5.74) is 1.66. The molecule has 6 nitrogen and oxygen atoms in total. The highest BCUT2D eigenvalue weighted by Crippen LogP contribution is 2.18.